The zero-order chi connectivity index (χ0) is 8.32. The van der Waals surface area contributed by atoms with E-state index in [0.717, 1.165) is 32.4 Å². The minimum absolute atomic E-state index is 0.539. The molecule has 0 saturated carbocycles. The molecule has 1 fully saturated rings. The summed E-state index contributed by atoms with van der Waals surface area (Å²) in [7, 11) is -3.34. The summed E-state index contributed by atoms with van der Waals surface area (Å²) in [5, 5.41) is 0. The third-order valence-electron chi connectivity index (χ3n) is 1.51. The Hall–Kier alpha value is 0.220. The van der Waals surface area contributed by atoms with E-state index in [1.807, 2.05) is 0 Å². The molecule has 0 aromatic heterocycles. The number of nitrogens with zero attached hydrogens (tertiary/aromatic N) is 1. The summed E-state index contributed by atoms with van der Waals surface area (Å²) in [5.74, 6) is 0. The molecular formula is C5H11NO3S2. The summed E-state index contributed by atoms with van der Waals surface area (Å²) in [5.41, 5.74) is 0. The van der Waals surface area contributed by atoms with Crippen molar-refractivity contribution in [3.05, 3.63) is 0 Å². The molecule has 1 heterocycles. The molecule has 0 aliphatic carbocycles. The van der Waals surface area contributed by atoms with E-state index >= 15 is 0 Å². The second-order valence-electron chi connectivity index (χ2n) is 2.49. The fourth-order valence-corrected chi connectivity index (χ4v) is 2.99. The molecule has 0 amide bonds. The van der Waals surface area contributed by atoms with Crippen LogP contribution in [0, 0.1) is 0 Å². The van der Waals surface area contributed by atoms with E-state index in [2.05, 4.69) is 0 Å². The van der Waals surface area contributed by atoms with E-state index in [1.54, 1.807) is 4.31 Å². The largest absolute Gasteiger partial charge is 0.334 e. The lowest BCUT2D eigenvalue weighted by molar-refractivity contribution is 0.381. The molecule has 6 heteroatoms. The summed E-state index contributed by atoms with van der Waals surface area (Å²) in [6.07, 6.45) is 3.19. The first-order valence-electron chi connectivity index (χ1n) is 3.50. The standard InChI is InChI=1S/C5H11NO3S2/c7-11(8,9)10-6-4-2-1-3-5-6/h1-5H2,(H,7,8,9). The average Bonchev–Trinajstić information content (AvgIpc) is 1.85. The fourth-order valence-electron chi connectivity index (χ4n) is 1.07. The summed E-state index contributed by atoms with van der Waals surface area (Å²) in [6.45, 7) is 1.51. The van der Waals surface area contributed by atoms with Crippen molar-refractivity contribution < 1.29 is 13.0 Å². The van der Waals surface area contributed by atoms with Gasteiger partial charge in [-0.2, -0.15) is 8.42 Å². The summed E-state index contributed by atoms with van der Waals surface area (Å²) in [6, 6.07) is 0. The maximum Gasteiger partial charge on any atom is 0.334 e. The quantitative estimate of drug-likeness (QED) is 0.405. The molecule has 1 aliphatic heterocycles. The summed E-state index contributed by atoms with van der Waals surface area (Å²) < 4.78 is 30.9. The van der Waals surface area contributed by atoms with Crippen LogP contribution in [0.25, 0.3) is 0 Å². The molecule has 0 atom stereocenters. The van der Waals surface area contributed by atoms with Crippen LogP contribution < -0.4 is 0 Å². The van der Waals surface area contributed by atoms with Crippen LogP contribution in [0.3, 0.4) is 0 Å². The smallest absolute Gasteiger partial charge is 0.276 e. The molecule has 0 unspecified atom stereocenters. The Labute approximate surface area is 70.2 Å². The highest BCUT2D eigenvalue weighted by Crippen LogP contribution is 2.21. The van der Waals surface area contributed by atoms with E-state index in [9.17, 15) is 8.42 Å². The molecule has 11 heavy (non-hydrogen) atoms. The van der Waals surface area contributed by atoms with Crippen LogP contribution in [0.4, 0.5) is 0 Å². The molecule has 0 aromatic rings. The van der Waals surface area contributed by atoms with Crippen LogP contribution in [-0.4, -0.2) is 30.4 Å². The van der Waals surface area contributed by atoms with Gasteiger partial charge in [0.1, 0.15) is 0 Å². The first-order chi connectivity index (χ1) is 5.08. The first-order valence-corrected chi connectivity index (χ1v) is 6.23. The third-order valence-corrected chi connectivity index (χ3v) is 3.48. The monoisotopic (exact) mass is 197 g/mol. The zero-order valence-corrected chi connectivity index (χ0v) is 7.70. The van der Waals surface area contributed by atoms with Crippen LogP contribution in [0.2, 0.25) is 0 Å². The summed E-state index contributed by atoms with van der Waals surface area (Å²) >= 11 is 0. The Morgan fingerprint density at radius 2 is 1.73 bits per heavy atom. The molecule has 66 valence electrons. The van der Waals surface area contributed by atoms with Crippen LogP contribution in [0.5, 0.6) is 0 Å². The Morgan fingerprint density at radius 3 is 2.18 bits per heavy atom. The SMILES string of the molecule is O=S(=O)(O)SN1CCCCC1. The van der Waals surface area contributed by atoms with Gasteiger partial charge in [0.05, 0.1) is 11.0 Å². The van der Waals surface area contributed by atoms with Gasteiger partial charge in [-0.05, 0) is 12.8 Å². The Morgan fingerprint density at radius 1 is 1.18 bits per heavy atom. The van der Waals surface area contributed by atoms with Crippen molar-refractivity contribution in [1.82, 2.24) is 4.31 Å². The van der Waals surface area contributed by atoms with Gasteiger partial charge in [-0.15, -0.1) is 0 Å². The Kier molecular flexibility index (Phi) is 3.17. The van der Waals surface area contributed by atoms with Gasteiger partial charge < -0.3 is 0 Å². The van der Waals surface area contributed by atoms with Crippen LogP contribution in [0.15, 0.2) is 0 Å². The molecule has 1 aliphatic rings. The predicted molar refractivity (Wildman–Crippen MR) is 44.6 cm³/mol. The van der Waals surface area contributed by atoms with E-state index in [-0.39, 0.29) is 0 Å². The second-order valence-corrected chi connectivity index (χ2v) is 5.72. The van der Waals surface area contributed by atoms with Gasteiger partial charge in [-0.1, -0.05) is 6.42 Å². The van der Waals surface area contributed by atoms with Crippen LogP contribution in [0.1, 0.15) is 19.3 Å². The molecule has 1 N–H and O–H groups in total. The first kappa shape index (κ1) is 9.31. The number of hydrogen-bond acceptors (Lipinski definition) is 4. The third kappa shape index (κ3) is 3.95. The maximum atomic E-state index is 10.4. The van der Waals surface area contributed by atoms with Crippen LogP contribution in [-0.2, 0) is 9.15 Å². The van der Waals surface area contributed by atoms with Gasteiger partial charge >= 0.3 is 9.15 Å². The lowest BCUT2D eigenvalue weighted by Crippen LogP contribution is -2.24. The normalized spacial score (nSPS) is 21.9. The molecule has 1 saturated heterocycles. The van der Waals surface area contributed by atoms with Crippen molar-refractivity contribution in [3.8, 4) is 0 Å². The second kappa shape index (κ2) is 3.75. The molecule has 0 spiro atoms. The highest BCUT2D eigenvalue weighted by Gasteiger charge is 2.17. The van der Waals surface area contributed by atoms with Crippen molar-refractivity contribution >= 4 is 20.1 Å². The van der Waals surface area contributed by atoms with Crippen molar-refractivity contribution in [2.75, 3.05) is 13.1 Å². The molecule has 4 nitrogen and oxygen atoms in total. The van der Waals surface area contributed by atoms with Crippen molar-refractivity contribution in [2.45, 2.75) is 19.3 Å². The predicted octanol–water partition coefficient (Wildman–Crippen LogP) is 0.923. The number of hydrogen-bond donors (Lipinski definition) is 1. The highest BCUT2D eigenvalue weighted by atomic mass is 33.2. The average molecular weight is 197 g/mol. The lowest BCUT2D eigenvalue weighted by atomic mass is 10.2. The van der Waals surface area contributed by atoms with Crippen molar-refractivity contribution in [3.63, 3.8) is 0 Å². The van der Waals surface area contributed by atoms with Gasteiger partial charge in [0.25, 0.3) is 0 Å². The topological polar surface area (TPSA) is 57.6 Å². The zero-order valence-electron chi connectivity index (χ0n) is 6.06. The Bertz CT molecular complexity index is 208. The van der Waals surface area contributed by atoms with E-state index < -0.39 is 9.15 Å². The van der Waals surface area contributed by atoms with Gasteiger partial charge in [-0.25, -0.2) is 4.31 Å². The molecular weight excluding hydrogens is 186 g/mol. The molecule has 0 bridgehead atoms. The van der Waals surface area contributed by atoms with E-state index in [4.69, 9.17) is 4.55 Å². The van der Waals surface area contributed by atoms with E-state index in [1.165, 1.54) is 0 Å². The fraction of sp³-hybridized carbons (Fsp3) is 1.00. The van der Waals surface area contributed by atoms with Gasteiger partial charge in [0.15, 0.2) is 0 Å². The highest BCUT2D eigenvalue weighted by molar-refractivity contribution is 8.68. The molecule has 0 radical (unpaired) electrons. The minimum Gasteiger partial charge on any atom is -0.276 e. The molecule has 1 rings (SSSR count). The van der Waals surface area contributed by atoms with E-state index in [0.29, 0.717) is 11.0 Å². The Balaban J connectivity index is 2.36. The van der Waals surface area contributed by atoms with Crippen molar-refractivity contribution in [1.29, 1.82) is 0 Å². The maximum absolute atomic E-state index is 10.4. The van der Waals surface area contributed by atoms with Crippen molar-refractivity contribution in [2.24, 2.45) is 0 Å². The number of rotatable bonds is 2. The minimum atomic E-state index is -3.88. The van der Waals surface area contributed by atoms with Gasteiger partial charge in [-0.3, -0.25) is 4.55 Å². The van der Waals surface area contributed by atoms with Gasteiger partial charge in [0.2, 0.25) is 0 Å². The van der Waals surface area contributed by atoms with Crippen LogP contribution >= 0.6 is 11.0 Å². The lowest BCUT2D eigenvalue weighted by Gasteiger charge is -2.22. The molecule has 0 aromatic carbocycles. The van der Waals surface area contributed by atoms with Gasteiger partial charge in [0, 0.05) is 13.1 Å². The summed E-state index contributed by atoms with van der Waals surface area (Å²) in [4.78, 5) is 0. The number of piperidine rings is 1.